The highest BCUT2D eigenvalue weighted by molar-refractivity contribution is 5.22. The molecule has 0 aliphatic carbocycles. The Hall–Kier alpha value is -0.870. The molecule has 0 radical (unpaired) electrons. The highest BCUT2D eigenvalue weighted by atomic mass is 16.7. The molecule has 4 heteroatoms. The van der Waals surface area contributed by atoms with Gasteiger partial charge in [0, 0.05) is 0 Å². The number of hydrogen-bond donors (Lipinski definition) is 0. The first kappa shape index (κ1) is 7.76. The van der Waals surface area contributed by atoms with Gasteiger partial charge in [0.2, 0.25) is 0 Å². The van der Waals surface area contributed by atoms with E-state index in [1.165, 1.54) is 0 Å². The third-order valence-electron chi connectivity index (χ3n) is 1.95. The normalized spacial score (nSPS) is 18.8. The molecule has 1 aliphatic rings. The Morgan fingerprint density at radius 1 is 1.25 bits per heavy atom. The monoisotopic (exact) mass is 169 g/mol. The van der Waals surface area contributed by atoms with Crippen LogP contribution in [0.25, 0.3) is 0 Å². The maximum atomic E-state index is 5.34. The maximum Gasteiger partial charge on any atom is 0.189 e. The number of rotatable bonds is 1. The van der Waals surface area contributed by atoms with Crippen molar-refractivity contribution in [2.75, 3.05) is 13.2 Å². The molecule has 0 atom stereocenters. The second-order valence-electron chi connectivity index (χ2n) is 2.81. The molecule has 0 amide bonds. The van der Waals surface area contributed by atoms with Gasteiger partial charge in [-0.15, -0.1) is 0 Å². The summed E-state index contributed by atoms with van der Waals surface area (Å²) < 4.78 is 15.7. The predicted octanol–water partition coefficient (Wildman–Crippen LogP) is 1.34. The van der Waals surface area contributed by atoms with Gasteiger partial charge in [-0.2, -0.15) is 0 Å². The van der Waals surface area contributed by atoms with Gasteiger partial charge in [-0.25, -0.2) is 0 Å². The standard InChI is InChI=1S/C8H11NO3/c1-5-7(6(2)12-9-5)8-10-3-4-11-8/h8H,3-4H2,1-2H3. The second kappa shape index (κ2) is 2.88. The molecule has 66 valence electrons. The minimum Gasteiger partial charge on any atom is -0.361 e. The fraction of sp³-hybridized carbons (Fsp3) is 0.625. The fourth-order valence-corrected chi connectivity index (χ4v) is 1.35. The van der Waals surface area contributed by atoms with Crippen molar-refractivity contribution in [3.05, 3.63) is 17.0 Å². The van der Waals surface area contributed by atoms with Crippen molar-refractivity contribution in [3.8, 4) is 0 Å². The van der Waals surface area contributed by atoms with Crippen LogP contribution in [0.1, 0.15) is 23.3 Å². The van der Waals surface area contributed by atoms with Gasteiger partial charge in [0.25, 0.3) is 0 Å². The zero-order chi connectivity index (χ0) is 8.55. The molecule has 1 aromatic heterocycles. The van der Waals surface area contributed by atoms with Gasteiger partial charge in [-0.05, 0) is 13.8 Å². The molecule has 1 aliphatic heterocycles. The van der Waals surface area contributed by atoms with Crippen LogP contribution < -0.4 is 0 Å². The lowest BCUT2D eigenvalue weighted by atomic mass is 10.2. The molecule has 1 saturated heterocycles. The smallest absolute Gasteiger partial charge is 0.189 e. The third-order valence-corrected chi connectivity index (χ3v) is 1.95. The van der Waals surface area contributed by atoms with Gasteiger partial charge in [0.1, 0.15) is 5.76 Å². The van der Waals surface area contributed by atoms with Gasteiger partial charge in [-0.1, -0.05) is 5.16 Å². The molecule has 1 aromatic rings. The summed E-state index contributed by atoms with van der Waals surface area (Å²) in [5, 5.41) is 3.83. The first-order chi connectivity index (χ1) is 5.79. The molecule has 1 fully saturated rings. The minimum atomic E-state index is -0.267. The first-order valence-corrected chi connectivity index (χ1v) is 3.95. The van der Waals surface area contributed by atoms with E-state index >= 15 is 0 Å². The zero-order valence-corrected chi connectivity index (χ0v) is 7.16. The first-order valence-electron chi connectivity index (χ1n) is 3.95. The highest BCUT2D eigenvalue weighted by Gasteiger charge is 2.25. The summed E-state index contributed by atoms with van der Waals surface area (Å²) in [6.45, 7) is 5.04. The average Bonchev–Trinajstić information content (AvgIpc) is 2.61. The summed E-state index contributed by atoms with van der Waals surface area (Å²) in [5.74, 6) is 0.777. The molecular formula is C8H11NO3. The van der Waals surface area contributed by atoms with E-state index in [4.69, 9.17) is 14.0 Å². The van der Waals surface area contributed by atoms with Crippen LogP contribution in [0.3, 0.4) is 0 Å². The van der Waals surface area contributed by atoms with Crippen molar-refractivity contribution in [1.29, 1.82) is 0 Å². The molecule has 4 nitrogen and oxygen atoms in total. The average molecular weight is 169 g/mol. The SMILES string of the molecule is Cc1noc(C)c1C1OCCO1. The Morgan fingerprint density at radius 3 is 2.42 bits per heavy atom. The van der Waals surface area contributed by atoms with Crippen molar-refractivity contribution in [2.45, 2.75) is 20.1 Å². The summed E-state index contributed by atoms with van der Waals surface area (Å²) in [6, 6.07) is 0. The minimum absolute atomic E-state index is 0.267. The number of aryl methyl sites for hydroxylation is 2. The van der Waals surface area contributed by atoms with Gasteiger partial charge in [0.15, 0.2) is 6.29 Å². The molecule has 0 bridgehead atoms. The van der Waals surface area contributed by atoms with Gasteiger partial charge in [0.05, 0.1) is 24.5 Å². The number of aromatic nitrogens is 1. The number of ether oxygens (including phenoxy) is 2. The Morgan fingerprint density at radius 2 is 1.92 bits per heavy atom. The van der Waals surface area contributed by atoms with Crippen LogP contribution in [0.2, 0.25) is 0 Å². The quantitative estimate of drug-likeness (QED) is 0.636. The van der Waals surface area contributed by atoms with E-state index in [9.17, 15) is 0 Å². The van der Waals surface area contributed by atoms with E-state index in [0.29, 0.717) is 13.2 Å². The van der Waals surface area contributed by atoms with Gasteiger partial charge >= 0.3 is 0 Å². The van der Waals surface area contributed by atoms with Crippen molar-refractivity contribution in [2.24, 2.45) is 0 Å². The summed E-state index contributed by atoms with van der Waals surface area (Å²) in [6.07, 6.45) is -0.267. The van der Waals surface area contributed by atoms with E-state index in [1.54, 1.807) is 0 Å². The molecule has 0 spiro atoms. The van der Waals surface area contributed by atoms with E-state index in [1.807, 2.05) is 13.8 Å². The van der Waals surface area contributed by atoms with Crippen LogP contribution in [0.5, 0.6) is 0 Å². The molecule has 0 N–H and O–H groups in total. The van der Waals surface area contributed by atoms with Crippen molar-refractivity contribution < 1.29 is 14.0 Å². The second-order valence-corrected chi connectivity index (χ2v) is 2.81. The maximum absolute atomic E-state index is 5.34. The number of nitrogens with zero attached hydrogens (tertiary/aromatic N) is 1. The summed E-state index contributed by atoms with van der Waals surface area (Å²) >= 11 is 0. The molecule has 2 heterocycles. The molecule has 0 saturated carbocycles. The van der Waals surface area contributed by atoms with E-state index < -0.39 is 0 Å². The summed E-state index contributed by atoms with van der Waals surface area (Å²) in [4.78, 5) is 0. The van der Waals surface area contributed by atoms with Crippen LogP contribution in [0, 0.1) is 13.8 Å². The molecule has 0 aromatic carbocycles. The van der Waals surface area contributed by atoms with Crippen LogP contribution in [-0.2, 0) is 9.47 Å². The lowest BCUT2D eigenvalue weighted by Gasteiger charge is -2.06. The van der Waals surface area contributed by atoms with Gasteiger partial charge < -0.3 is 14.0 Å². The predicted molar refractivity (Wildman–Crippen MR) is 40.6 cm³/mol. The lowest BCUT2D eigenvalue weighted by Crippen LogP contribution is -2.00. The fourth-order valence-electron chi connectivity index (χ4n) is 1.35. The Balaban J connectivity index is 2.30. The van der Waals surface area contributed by atoms with Crippen LogP contribution in [0.4, 0.5) is 0 Å². The van der Waals surface area contributed by atoms with Gasteiger partial charge in [-0.3, -0.25) is 0 Å². The Kier molecular flexibility index (Phi) is 1.86. The van der Waals surface area contributed by atoms with Crippen LogP contribution in [0.15, 0.2) is 4.52 Å². The van der Waals surface area contributed by atoms with Crippen molar-refractivity contribution >= 4 is 0 Å². The lowest BCUT2D eigenvalue weighted by molar-refractivity contribution is -0.0454. The van der Waals surface area contributed by atoms with E-state index in [2.05, 4.69) is 5.16 Å². The molecular weight excluding hydrogens is 158 g/mol. The van der Waals surface area contributed by atoms with E-state index in [0.717, 1.165) is 17.0 Å². The zero-order valence-electron chi connectivity index (χ0n) is 7.16. The molecule has 12 heavy (non-hydrogen) atoms. The molecule has 0 unspecified atom stereocenters. The summed E-state index contributed by atoms with van der Waals surface area (Å²) in [5.41, 5.74) is 1.78. The Labute approximate surface area is 70.4 Å². The summed E-state index contributed by atoms with van der Waals surface area (Å²) in [7, 11) is 0. The number of hydrogen-bond acceptors (Lipinski definition) is 4. The Bertz CT molecular complexity index is 256. The highest BCUT2D eigenvalue weighted by Crippen LogP contribution is 2.28. The van der Waals surface area contributed by atoms with Crippen molar-refractivity contribution in [1.82, 2.24) is 5.16 Å². The van der Waals surface area contributed by atoms with Crippen LogP contribution in [-0.4, -0.2) is 18.4 Å². The van der Waals surface area contributed by atoms with Crippen LogP contribution >= 0.6 is 0 Å². The topological polar surface area (TPSA) is 44.5 Å². The third kappa shape index (κ3) is 1.13. The van der Waals surface area contributed by atoms with Crippen molar-refractivity contribution in [3.63, 3.8) is 0 Å². The largest absolute Gasteiger partial charge is 0.361 e. The van der Waals surface area contributed by atoms with E-state index in [-0.39, 0.29) is 6.29 Å². The molecule has 2 rings (SSSR count).